The Kier molecular flexibility index (Phi) is 6.32. The number of amides is 2. The van der Waals surface area contributed by atoms with E-state index in [1.165, 1.54) is 11.0 Å². The highest BCUT2D eigenvalue weighted by atomic mass is 32.2. The van der Waals surface area contributed by atoms with Gasteiger partial charge in [-0.25, -0.2) is 12.8 Å². The Hall–Kier alpha value is -3.68. The molecule has 1 aromatic heterocycles. The normalized spacial score (nSPS) is 18.4. The molecule has 0 unspecified atom stereocenters. The summed E-state index contributed by atoms with van der Waals surface area (Å²) in [4.78, 5) is 50.7. The number of carbonyl (C=O) groups is 2. The number of carbonyl (C=O) groups excluding carboxylic acids is 2. The average molecular weight is 549 g/mol. The lowest BCUT2D eigenvalue weighted by molar-refractivity contribution is -0.123. The number of benzene rings is 1. The van der Waals surface area contributed by atoms with Crippen molar-refractivity contribution >= 4 is 39.3 Å². The first-order valence-electron chi connectivity index (χ1n) is 12.2. The molecule has 14 heteroatoms. The number of aromatic amines is 1. The maximum atomic E-state index is 15.5. The minimum Gasteiger partial charge on any atom is -0.484 e. The number of rotatable bonds is 5. The zero-order valence-corrected chi connectivity index (χ0v) is 22.2. The smallest absolute Gasteiger partial charge is 0.271 e. The van der Waals surface area contributed by atoms with Crippen molar-refractivity contribution in [3.05, 3.63) is 39.4 Å². The van der Waals surface area contributed by atoms with Crippen molar-refractivity contribution in [1.82, 2.24) is 14.7 Å². The van der Waals surface area contributed by atoms with E-state index in [1.54, 1.807) is 11.8 Å². The lowest BCUT2D eigenvalue weighted by Gasteiger charge is -2.39. The van der Waals surface area contributed by atoms with Crippen LogP contribution in [0.5, 0.6) is 5.75 Å². The summed E-state index contributed by atoms with van der Waals surface area (Å²) in [7, 11) is -0.291. The number of H-pyrrole nitrogens is 1. The second-order valence-corrected chi connectivity index (χ2v) is 11.8. The molecule has 2 N–H and O–H groups in total. The number of aromatic nitrogens is 2. The molecule has 0 bridgehead atoms. The molecule has 4 heterocycles. The number of nitrogens with one attached hydrogen (secondary N) is 2. The predicted octanol–water partition coefficient (Wildman–Crippen LogP) is 0.261. The summed E-state index contributed by atoms with van der Waals surface area (Å²) < 4.78 is 45.0. The molecule has 5 rings (SSSR count). The Bertz CT molecular complexity index is 1480. The van der Waals surface area contributed by atoms with Crippen LogP contribution in [0.3, 0.4) is 0 Å². The van der Waals surface area contributed by atoms with Crippen molar-refractivity contribution in [2.45, 2.75) is 31.1 Å². The summed E-state index contributed by atoms with van der Waals surface area (Å²) >= 11 is 0. The van der Waals surface area contributed by atoms with Gasteiger partial charge in [0.2, 0.25) is 21.9 Å². The third-order valence-corrected chi connectivity index (χ3v) is 8.04. The minimum absolute atomic E-state index is 0.000934. The third kappa shape index (κ3) is 4.46. The quantitative estimate of drug-likeness (QED) is 0.537. The Morgan fingerprint density at radius 3 is 2.61 bits per heavy atom. The molecule has 3 aliphatic heterocycles. The summed E-state index contributed by atoms with van der Waals surface area (Å²) in [5.74, 6) is -0.687. The van der Waals surface area contributed by atoms with Crippen molar-refractivity contribution in [3.8, 4) is 5.75 Å². The number of hydrogen-bond donors (Lipinski definition) is 2. The van der Waals surface area contributed by atoms with Crippen molar-refractivity contribution in [2.75, 3.05) is 61.3 Å². The zero-order chi connectivity index (χ0) is 27.4. The van der Waals surface area contributed by atoms with Gasteiger partial charge in [-0.3, -0.25) is 24.1 Å². The van der Waals surface area contributed by atoms with Gasteiger partial charge in [0, 0.05) is 51.4 Å². The van der Waals surface area contributed by atoms with E-state index in [1.807, 2.05) is 16.8 Å². The first-order valence-corrected chi connectivity index (χ1v) is 14.1. The van der Waals surface area contributed by atoms with Crippen LogP contribution in [0.4, 0.5) is 21.8 Å². The van der Waals surface area contributed by atoms with Gasteiger partial charge in [-0.1, -0.05) is 0 Å². The summed E-state index contributed by atoms with van der Waals surface area (Å²) in [6.07, 6.45) is 3.03. The summed E-state index contributed by atoms with van der Waals surface area (Å²) in [5, 5.41) is 0. The van der Waals surface area contributed by atoms with Crippen LogP contribution < -0.4 is 29.7 Å². The maximum Gasteiger partial charge on any atom is 0.271 e. The highest BCUT2D eigenvalue weighted by molar-refractivity contribution is 7.89. The van der Waals surface area contributed by atoms with Gasteiger partial charge in [-0.15, -0.1) is 0 Å². The fourth-order valence-electron chi connectivity index (χ4n) is 5.64. The number of hydrogen-bond acceptors (Lipinski definition) is 9. The van der Waals surface area contributed by atoms with Gasteiger partial charge < -0.3 is 19.4 Å². The Morgan fingerprint density at radius 1 is 1.21 bits per heavy atom. The molecule has 12 nitrogen and oxygen atoms in total. The van der Waals surface area contributed by atoms with Crippen molar-refractivity contribution in [1.29, 1.82) is 0 Å². The van der Waals surface area contributed by atoms with E-state index in [0.29, 0.717) is 55.4 Å². The first-order chi connectivity index (χ1) is 17.9. The molecule has 1 spiro atoms. The van der Waals surface area contributed by atoms with Crippen molar-refractivity contribution < 1.29 is 27.1 Å². The van der Waals surface area contributed by atoms with Gasteiger partial charge >= 0.3 is 0 Å². The molecule has 38 heavy (non-hydrogen) atoms. The number of anilines is 3. The van der Waals surface area contributed by atoms with E-state index in [9.17, 15) is 22.8 Å². The SMILES string of the molecule is CN1CCCc2c1nc(N1CCC3(CC1)C(=O)N(C)c1cc(OCC(=O)NS(C)(=O)=O)cc(F)c13)[nH]c2=O. The van der Waals surface area contributed by atoms with Crippen molar-refractivity contribution in [2.24, 2.45) is 0 Å². The van der Waals surface area contributed by atoms with E-state index in [-0.39, 0.29) is 22.8 Å². The molecule has 3 aliphatic rings. The molecule has 0 atom stereocenters. The fraction of sp³-hybridized carbons (Fsp3) is 0.500. The Balaban J connectivity index is 1.37. The van der Waals surface area contributed by atoms with E-state index in [4.69, 9.17) is 9.72 Å². The molecule has 0 radical (unpaired) electrons. The van der Waals surface area contributed by atoms with Crippen LogP contribution in [0, 0.1) is 5.82 Å². The summed E-state index contributed by atoms with van der Waals surface area (Å²) in [5.41, 5.74) is 0.0319. The number of halogens is 1. The molecule has 1 aromatic carbocycles. The molecule has 204 valence electrons. The van der Waals surface area contributed by atoms with E-state index in [0.717, 1.165) is 25.3 Å². The lowest BCUT2D eigenvalue weighted by Crippen LogP contribution is -2.49. The molecule has 0 saturated carbocycles. The average Bonchev–Trinajstić information content (AvgIpc) is 3.05. The number of sulfonamides is 1. The molecule has 1 saturated heterocycles. The van der Waals surface area contributed by atoms with Gasteiger partial charge in [0.25, 0.3) is 11.5 Å². The molecular formula is C24H29FN6O6S. The van der Waals surface area contributed by atoms with Crippen LogP contribution in [-0.4, -0.2) is 76.8 Å². The Morgan fingerprint density at radius 2 is 1.92 bits per heavy atom. The molecule has 2 aromatic rings. The lowest BCUT2D eigenvalue weighted by atomic mass is 9.73. The number of likely N-dealkylation sites (N-methyl/N-ethyl adjacent to an activating group) is 1. The van der Waals surface area contributed by atoms with Gasteiger partial charge in [-0.2, -0.15) is 4.98 Å². The monoisotopic (exact) mass is 548 g/mol. The van der Waals surface area contributed by atoms with E-state index in [2.05, 4.69) is 4.98 Å². The summed E-state index contributed by atoms with van der Waals surface area (Å²) in [6.45, 7) is 0.947. The Labute approximate surface area is 218 Å². The number of piperidine rings is 1. The topological polar surface area (TPSA) is 145 Å². The number of fused-ring (bicyclic) bond motifs is 3. The van der Waals surface area contributed by atoms with Gasteiger partial charge in [-0.05, 0) is 25.7 Å². The fourth-order valence-corrected chi connectivity index (χ4v) is 6.11. The largest absolute Gasteiger partial charge is 0.484 e. The van der Waals surface area contributed by atoms with Gasteiger partial charge in [0.15, 0.2) is 6.61 Å². The van der Waals surface area contributed by atoms with Crippen LogP contribution in [0.15, 0.2) is 16.9 Å². The zero-order valence-electron chi connectivity index (χ0n) is 21.3. The van der Waals surface area contributed by atoms with Crippen LogP contribution >= 0.6 is 0 Å². The van der Waals surface area contributed by atoms with Crippen LogP contribution in [0.2, 0.25) is 0 Å². The second-order valence-electron chi connectivity index (χ2n) is 10.0. The highest BCUT2D eigenvalue weighted by Crippen LogP contribution is 2.50. The van der Waals surface area contributed by atoms with E-state index >= 15 is 4.39 Å². The molecule has 2 amide bonds. The van der Waals surface area contributed by atoms with Gasteiger partial charge in [0.1, 0.15) is 17.4 Å². The molecule has 1 fully saturated rings. The van der Waals surface area contributed by atoms with Crippen LogP contribution in [0.1, 0.15) is 30.4 Å². The van der Waals surface area contributed by atoms with E-state index < -0.39 is 33.8 Å². The second kappa shape index (κ2) is 9.26. The van der Waals surface area contributed by atoms with Crippen molar-refractivity contribution in [3.63, 3.8) is 0 Å². The number of nitrogens with zero attached hydrogens (tertiary/aromatic N) is 4. The van der Waals surface area contributed by atoms with Crippen LogP contribution in [-0.2, 0) is 31.4 Å². The summed E-state index contributed by atoms with van der Waals surface area (Å²) in [6, 6.07) is 2.58. The van der Waals surface area contributed by atoms with Gasteiger partial charge in [0.05, 0.1) is 22.9 Å². The van der Waals surface area contributed by atoms with Crippen LogP contribution in [0.25, 0.3) is 0 Å². The first kappa shape index (κ1) is 25.9. The highest BCUT2D eigenvalue weighted by Gasteiger charge is 2.53. The number of ether oxygens (including phenoxy) is 1. The third-order valence-electron chi connectivity index (χ3n) is 7.45. The predicted molar refractivity (Wildman–Crippen MR) is 138 cm³/mol. The maximum absolute atomic E-state index is 15.5. The molecular weight excluding hydrogens is 519 g/mol. The molecule has 0 aliphatic carbocycles. The minimum atomic E-state index is -3.75. The standard InChI is InChI=1S/C24H29FN6O6S/c1-29-8-4-5-15-20(29)26-23(27-21(15)33)31-9-6-24(7-10-31)19-16(25)11-14(12-17(19)30(2)22(24)34)37-13-18(32)28-38(3,35)36/h11-12H,4-10,13H2,1-3H3,(H,28,32)(H,26,27,33).